The number of benzene rings is 1. The minimum atomic E-state index is -0.115. The summed E-state index contributed by atoms with van der Waals surface area (Å²) in [6.07, 6.45) is 0.903. The van der Waals surface area contributed by atoms with E-state index in [4.69, 9.17) is 11.6 Å². The van der Waals surface area contributed by atoms with Crippen molar-refractivity contribution >= 4 is 17.6 Å². The number of aliphatic imine (C=N–C) groups is 1. The molecule has 0 radical (unpaired) electrons. The van der Waals surface area contributed by atoms with Crippen molar-refractivity contribution in [1.29, 1.82) is 0 Å². The van der Waals surface area contributed by atoms with Crippen LogP contribution in [0.5, 0.6) is 0 Å². The van der Waals surface area contributed by atoms with Gasteiger partial charge >= 0.3 is 0 Å². The lowest BCUT2D eigenvalue weighted by molar-refractivity contribution is 0.504. The molecule has 1 aromatic heterocycles. The Bertz CT molecular complexity index is 807. The summed E-state index contributed by atoms with van der Waals surface area (Å²) in [5.41, 5.74) is 4.61. The number of aromatic nitrogens is 2. The summed E-state index contributed by atoms with van der Waals surface area (Å²) < 4.78 is 1.94. The van der Waals surface area contributed by atoms with Crippen LogP contribution in [-0.2, 0) is 18.9 Å². The third-order valence-electron chi connectivity index (χ3n) is 5.08. The highest BCUT2D eigenvalue weighted by Crippen LogP contribution is 2.29. The van der Waals surface area contributed by atoms with Crippen molar-refractivity contribution < 1.29 is 0 Å². The molecular weight excluding hydrogens is 358 g/mol. The van der Waals surface area contributed by atoms with Crippen molar-refractivity contribution in [2.45, 2.75) is 52.5 Å². The van der Waals surface area contributed by atoms with Crippen LogP contribution >= 0.6 is 11.6 Å². The monoisotopic (exact) mass is 389 g/mol. The van der Waals surface area contributed by atoms with Crippen LogP contribution in [0.4, 0.5) is 0 Å². The van der Waals surface area contributed by atoms with E-state index in [1.165, 1.54) is 11.3 Å². The first-order chi connectivity index (χ1) is 12.7. The Kier molecular flexibility index (Phi) is 6.93. The highest BCUT2D eigenvalue weighted by molar-refractivity contribution is 6.31. The van der Waals surface area contributed by atoms with Gasteiger partial charge in [0, 0.05) is 42.8 Å². The fourth-order valence-electron chi connectivity index (χ4n) is 3.31. The number of nitrogens with zero attached hydrogens (tertiary/aromatic N) is 3. The van der Waals surface area contributed by atoms with E-state index >= 15 is 0 Å². The largest absolute Gasteiger partial charge is 0.356 e. The molecule has 148 valence electrons. The smallest absolute Gasteiger partial charge is 0.191 e. The zero-order valence-electron chi connectivity index (χ0n) is 17.5. The molecule has 0 saturated carbocycles. The molecule has 2 rings (SSSR count). The minimum absolute atomic E-state index is 0.115. The SMILES string of the molecule is CN=C(NCC(C)(C)c1ccccc1Cl)NC(C)Cc1c(C)nn(C)c1C. The van der Waals surface area contributed by atoms with E-state index in [0.29, 0.717) is 0 Å². The lowest BCUT2D eigenvalue weighted by Crippen LogP contribution is -2.47. The molecule has 0 amide bonds. The molecule has 1 unspecified atom stereocenters. The molecule has 2 N–H and O–H groups in total. The Balaban J connectivity index is 1.98. The lowest BCUT2D eigenvalue weighted by atomic mass is 9.84. The van der Waals surface area contributed by atoms with Crippen LogP contribution in [0.2, 0.25) is 5.02 Å². The van der Waals surface area contributed by atoms with Gasteiger partial charge < -0.3 is 10.6 Å². The summed E-state index contributed by atoms with van der Waals surface area (Å²) in [5.74, 6) is 0.793. The minimum Gasteiger partial charge on any atom is -0.356 e. The second-order valence-electron chi connectivity index (χ2n) is 7.81. The standard InChI is InChI=1S/C21H32ClN5/c1-14(12-17-15(2)26-27(7)16(17)3)25-20(23-6)24-13-21(4,5)18-10-8-9-11-19(18)22/h8-11,14H,12-13H2,1-7H3,(H2,23,24,25). The van der Waals surface area contributed by atoms with Gasteiger partial charge in [-0.05, 0) is 44.4 Å². The van der Waals surface area contributed by atoms with Crippen molar-refractivity contribution in [1.82, 2.24) is 20.4 Å². The van der Waals surface area contributed by atoms with Crippen molar-refractivity contribution in [2.24, 2.45) is 12.0 Å². The van der Waals surface area contributed by atoms with Gasteiger partial charge in [-0.3, -0.25) is 9.67 Å². The zero-order chi connectivity index (χ0) is 20.2. The summed E-state index contributed by atoms with van der Waals surface area (Å²) >= 11 is 6.38. The van der Waals surface area contributed by atoms with Crippen molar-refractivity contribution in [3.05, 3.63) is 51.8 Å². The maximum Gasteiger partial charge on any atom is 0.191 e. The molecule has 0 aliphatic heterocycles. The summed E-state index contributed by atoms with van der Waals surface area (Å²) in [6, 6.07) is 8.24. The fourth-order valence-corrected chi connectivity index (χ4v) is 3.70. The second kappa shape index (κ2) is 8.79. The average Bonchev–Trinajstić information content (AvgIpc) is 2.85. The Labute approximate surface area is 168 Å². The molecular formula is C21H32ClN5. The van der Waals surface area contributed by atoms with Gasteiger partial charge in [0.05, 0.1) is 5.69 Å². The molecule has 2 aromatic rings. The average molecular weight is 390 g/mol. The van der Waals surface area contributed by atoms with Gasteiger partial charge in [-0.25, -0.2) is 0 Å². The van der Waals surface area contributed by atoms with Crippen LogP contribution in [0.25, 0.3) is 0 Å². The van der Waals surface area contributed by atoms with Crippen LogP contribution in [0.1, 0.15) is 43.3 Å². The zero-order valence-corrected chi connectivity index (χ0v) is 18.3. The molecule has 6 heteroatoms. The Morgan fingerprint density at radius 3 is 2.52 bits per heavy atom. The first-order valence-electron chi connectivity index (χ1n) is 9.37. The lowest BCUT2D eigenvalue weighted by Gasteiger charge is -2.28. The number of nitrogens with one attached hydrogen (secondary N) is 2. The maximum absolute atomic E-state index is 6.38. The normalized spacial score (nSPS) is 13.6. The van der Waals surface area contributed by atoms with Gasteiger partial charge in [-0.15, -0.1) is 0 Å². The number of halogens is 1. The third-order valence-corrected chi connectivity index (χ3v) is 5.41. The molecule has 1 atom stereocenters. The van der Waals surface area contributed by atoms with E-state index < -0.39 is 0 Å². The molecule has 0 saturated heterocycles. The highest BCUT2D eigenvalue weighted by atomic mass is 35.5. The maximum atomic E-state index is 6.38. The second-order valence-corrected chi connectivity index (χ2v) is 8.22. The predicted molar refractivity (Wildman–Crippen MR) is 115 cm³/mol. The van der Waals surface area contributed by atoms with Gasteiger partial charge in [-0.1, -0.05) is 43.6 Å². The summed E-state index contributed by atoms with van der Waals surface area (Å²) in [6.45, 7) is 11.4. The van der Waals surface area contributed by atoms with Gasteiger partial charge in [-0.2, -0.15) is 5.10 Å². The number of hydrogen-bond donors (Lipinski definition) is 2. The van der Waals surface area contributed by atoms with E-state index in [2.05, 4.69) is 61.4 Å². The molecule has 0 aliphatic rings. The van der Waals surface area contributed by atoms with Crippen molar-refractivity contribution in [3.63, 3.8) is 0 Å². The molecule has 0 spiro atoms. The van der Waals surface area contributed by atoms with Crippen LogP contribution in [0, 0.1) is 13.8 Å². The quantitative estimate of drug-likeness (QED) is 0.584. The third kappa shape index (κ3) is 5.25. The van der Waals surface area contributed by atoms with Crippen molar-refractivity contribution in [2.75, 3.05) is 13.6 Å². The molecule has 5 nitrogen and oxygen atoms in total. The number of guanidine groups is 1. The summed E-state index contributed by atoms with van der Waals surface area (Å²) in [4.78, 5) is 4.38. The number of aryl methyl sites for hydroxylation is 2. The molecule has 0 fully saturated rings. The number of hydrogen-bond acceptors (Lipinski definition) is 2. The van der Waals surface area contributed by atoms with Crippen LogP contribution in [-0.4, -0.2) is 35.4 Å². The van der Waals surface area contributed by atoms with Gasteiger partial charge in [0.15, 0.2) is 5.96 Å². The van der Waals surface area contributed by atoms with Gasteiger partial charge in [0.25, 0.3) is 0 Å². The van der Waals surface area contributed by atoms with Crippen LogP contribution in [0.15, 0.2) is 29.3 Å². The van der Waals surface area contributed by atoms with Gasteiger partial charge in [0.2, 0.25) is 0 Å². The molecule has 0 aliphatic carbocycles. The molecule has 1 heterocycles. The van der Waals surface area contributed by atoms with Crippen LogP contribution < -0.4 is 10.6 Å². The number of rotatable bonds is 6. The topological polar surface area (TPSA) is 54.2 Å². The Hall–Kier alpha value is -2.01. The van der Waals surface area contributed by atoms with E-state index in [1.807, 2.05) is 29.9 Å². The fraction of sp³-hybridized carbons (Fsp3) is 0.524. The van der Waals surface area contributed by atoms with E-state index in [0.717, 1.165) is 35.2 Å². The Morgan fingerprint density at radius 2 is 1.96 bits per heavy atom. The van der Waals surface area contributed by atoms with Gasteiger partial charge in [0.1, 0.15) is 0 Å². The molecule has 27 heavy (non-hydrogen) atoms. The summed E-state index contributed by atoms with van der Waals surface area (Å²) in [7, 11) is 3.78. The van der Waals surface area contributed by atoms with E-state index in [-0.39, 0.29) is 11.5 Å². The predicted octanol–water partition coefficient (Wildman–Crippen LogP) is 3.76. The first-order valence-corrected chi connectivity index (χ1v) is 9.74. The highest BCUT2D eigenvalue weighted by Gasteiger charge is 2.23. The van der Waals surface area contributed by atoms with Crippen molar-refractivity contribution in [3.8, 4) is 0 Å². The Morgan fingerprint density at radius 1 is 1.30 bits per heavy atom. The summed E-state index contributed by atoms with van der Waals surface area (Å²) in [5, 5.41) is 12.2. The molecule has 0 bridgehead atoms. The van der Waals surface area contributed by atoms with E-state index in [9.17, 15) is 0 Å². The van der Waals surface area contributed by atoms with Crippen LogP contribution in [0.3, 0.4) is 0 Å². The molecule has 1 aromatic carbocycles. The first kappa shape index (κ1) is 21.3. The van der Waals surface area contributed by atoms with E-state index in [1.54, 1.807) is 7.05 Å².